The van der Waals surface area contributed by atoms with E-state index in [2.05, 4.69) is 10.5 Å². The van der Waals surface area contributed by atoms with Crippen LogP contribution in [0.2, 0.25) is 0 Å². The minimum Gasteiger partial charge on any atom is -0.494 e. The maximum Gasteiger partial charge on any atom is 0.277 e. The largest absolute Gasteiger partial charge is 0.494 e. The van der Waals surface area contributed by atoms with Crippen molar-refractivity contribution in [3.8, 4) is 11.5 Å². The molecule has 5 nitrogen and oxygen atoms in total. The van der Waals surface area contributed by atoms with Crippen LogP contribution in [-0.4, -0.2) is 24.8 Å². The second-order valence-corrected chi connectivity index (χ2v) is 5.32. The quantitative estimate of drug-likeness (QED) is 0.589. The molecule has 0 fully saturated rings. The monoisotopic (exact) mass is 344 g/mol. The Balaban J connectivity index is 1.85. The molecular weight excluding hydrogens is 323 g/mol. The van der Waals surface area contributed by atoms with Gasteiger partial charge in [-0.1, -0.05) is 19.1 Å². The van der Waals surface area contributed by atoms with Crippen LogP contribution in [0.5, 0.6) is 11.5 Å². The molecule has 0 radical (unpaired) electrons. The lowest BCUT2D eigenvalue weighted by atomic mass is 10.1. The molecule has 132 valence electrons. The average molecular weight is 344 g/mol. The van der Waals surface area contributed by atoms with Gasteiger partial charge in [0.2, 0.25) is 0 Å². The fourth-order valence-electron chi connectivity index (χ4n) is 1.96. The first-order valence-electron chi connectivity index (χ1n) is 8.04. The Labute approximate surface area is 146 Å². The van der Waals surface area contributed by atoms with E-state index in [1.807, 2.05) is 31.2 Å². The SMILES string of the molecule is CCCOc1ccc(/C(C)=N\NC(=O)COc2ccccc2F)cc1. The van der Waals surface area contributed by atoms with Gasteiger partial charge in [0.1, 0.15) is 5.75 Å². The molecule has 0 bridgehead atoms. The highest BCUT2D eigenvalue weighted by Gasteiger charge is 2.06. The third-order valence-corrected chi connectivity index (χ3v) is 3.29. The minimum absolute atomic E-state index is 0.0287. The van der Waals surface area contributed by atoms with E-state index in [9.17, 15) is 9.18 Å². The average Bonchev–Trinajstić information content (AvgIpc) is 2.64. The summed E-state index contributed by atoms with van der Waals surface area (Å²) in [4.78, 5) is 11.8. The lowest BCUT2D eigenvalue weighted by Gasteiger charge is -2.07. The van der Waals surface area contributed by atoms with E-state index < -0.39 is 11.7 Å². The van der Waals surface area contributed by atoms with Gasteiger partial charge in [-0.05, 0) is 55.3 Å². The van der Waals surface area contributed by atoms with Crippen molar-refractivity contribution in [3.05, 3.63) is 59.9 Å². The van der Waals surface area contributed by atoms with Gasteiger partial charge in [-0.2, -0.15) is 5.10 Å². The van der Waals surface area contributed by atoms with Crippen molar-refractivity contribution >= 4 is 11.6 Å². The van der Waals surface area contributed by atoms with Gasteiger partial charge in [0.25, 0.3) is 5.91 Å². The number of halogens is 1. The topological polar surface area (TPSA) is 59.9 Å². The van der Waals surface area contributed by atoms with Crippen molar-refractivity contribution in [1.29, 1.82) is 0 Å². The predicted octanol–water partition coefficient (Wildman–Crippen LogP) is 3.53. The lowest BCUT2D eigenvalue weighted by Crippen LogP contribution is -2.25. The van der Waals surface area contributed by atoms with Crippen LogP contribution in [0.15, 0.2) is 53.6 Å². The van der Waals surface area contributed by atoms with E-state index >= 15 is 0 Å². The molecule has 0 atom stereocenters. The third-order valence-electron chi connectivity index (χ3n) is 3.29. The van der Waals surface area contributed by atoms with Gasteiger partial charge in [0.05, 0.1) is 12.3 Å². The summed E-state index contributed by atoms with van der Waals surface area (Å²) in [5.41, 5.74) is 3.89. The van der Waals surface area contributed by atoms with E-state index in [-0.39, 0.29) is 12.4 Å². The van der Waals surface area contributed by atoms with E-state index in [1.54, 1.807) is 19.1 Å². The number of hydrogen-bond acceptors (Lipinski definition) is 4. The van der Waals surface area contributed by atoms with Gasteiger partial charge in [-0.15, -0.1) is 0 Å². The first-order chi connectivity index (χ1) is 12.1. The molecule has 0 unspecified atom stereocenters. The number of amides is 1. The lowest BCUT2D eigenvalue weighted by molar-refractivity contribution is -0.123. The van der Waals surface area contributed by atoms with E-state index in [0.29, 0.717) is 12.3 Å². The molecule has 0 aliphatic heterocycles. The highest BCUT2D eigenvalue weighted by Crippen LogP contribution is 2.15. The number of rotatable bonds is 8. The highest BCUT2D eigenvalue weighted by atomic mass is 19.1. The van der Waals surface area contributed by atoms with Crippen molar-refractivity contribution in [2.24, 2.45) is 5.10 Å². The summed E-state index contributed by atoms with van der Waals surface area (Å²) in [7, 11) is 0. The molecule has 0 aliphatic rings. The molecule has 0 aliphatic carbocycles. The normalized spacial score (nSPS) is 11.1. The summed E-state index contributed by atoms with van der Waals surface area (Å²) in [5, 5.41) is 4.02. The van der Waals surface area contributed by atoms with Gasteiger partial charge in [-0.3, -0.25) is 4.79 Å². The van der Waals surface area contributed by atoms with Crippen LogP contribution in [0.25, 0.3) is 0 Å². The Morgan fingerprint density at radius 2 is 1.84 bits per heavy atom. The van der Waals surface area contributed by atoms with Gasteiger partial charge >= 0.3 is 0 Å². The summed E-state index contributed by atoms with van der Waals surface area (Å²) in [6.07, 6.45) is 0.948. The van der Waals surface area contributed by atoms with Crippen LogP contribution >= 0.6 is 0 Å². The molecule has 25 heavy (non-hydrogen) atoms. The fourth-order valence-corrected chi connectivity index (χ4v) is 1.96. The minimum atomic E-state index is -0.514. The summed E-state index contributed by atoms with van der Waals surface area (Å²) < 4.78 is 24.0. The third kappa shape index (κ3) is 5.91. The summed E-state index contributed by atoms with van der Waals surface area (Å²) in [5.74, 6) is -0.160. The second kappa shape index (κ2) is 9.42. The predicted molar refractivity (Wildman–Crippen MR) is 94.5 cm³/mol. The van der Waals surface area contributed by atoms with Gasteiger partial charge in [0.15, 0.2) is 18.2 Å². The van der Waals surface area contributed by atoms with Crippen molar-refractivity contribution in [3.63, 3.8) is 0 Å². The van der Waals surface area contributed by atoms with Crippen LogP contribution < -0.4 is 14.9 Å². The number of para-hydroxylation sites is 1. The van der Waals surface area contributed by atoms with Crippen LogP contribution in [-0.2, 0) is 4.79 Å². The summed E-state index contributed by atoms with van der Waals surface area (Å²) in [6.45, 7) is 4.18. The number of carbonyl (C=O) groups is 1. The Morgan fingerprint density at radius 1 is 1.12 bits per heavy atom. The Morgan fingerprint density at radius 3 is 2.52 bits per heavy atom. The van der Waals surface area contributed by atoms with Crippen molar-refractivity contribution in [1.82, 2.24) is 5.43 Å². The van der Waals surface area contributed by atoms with Gasteiger partial charge in [-0.25, -0.2) is 9.82 Å². The number of nitrogens with one attached hydrogen (secondary N) is 1. The zero-order valence-corrected chi connectivity index (χ0v) is 14.3. The molecule has 0 spiro atoms. The maximum atomic E-state index is 13.4. The van der Waals surface area contributed by atoms with Crippen LogP contribution in [0.3, 0.4) is 0 Å². The van der Waals surface area contributed by atoms with Crippen LogP contribution in [0.4, 0.5) is 4.39 Å². The molecule has 2 aromatic rings. The first kappa shape index (κ1) is 18.4. The molecule has 6 heteroatoms. The van der Waals surface area contributed by atoms with E-state index in [4.69, 9.17) is 9.47 Å². The van der Waals surface area contributed by atoms with Gasteiger partial charge < -0.3 is 9.47 Å². The van der Waals surface area contributed by atoms with Crippen LogP contribution in [0.1, 0.15) is 25.8 Å². The number of hydrogen-bond donors (Lipinski definition) is 1. The number of carbonyl (C=O) groups excluding carboxylic acids is 1. The molecule has 1 amide bonds. The summed E-state index contributed by atoms with van der Waals surface area (Å²) in [6, 6.07) is 13.3. The Bertz CT molecular complexity index is 730. The number of hydrazone groups is 1. The van der Waals surface area contributed by atoms with Crippen molar-refractivity contribution < 1.29 is 18.7 Å². The summed E-state index contributed by atoms with van der Waals surface area (Å²) >= 11 is 0. The highest BCUT2D eigenvalue weighted by molar-refractivity contribution is 5.99. The molecular formula is C19H21FN2O3. The first-order valence-corrected chi connectivity index (χ1v) is 8.04. The van der Waals surface area contributed by atoms with E-state index in [0.717, 1.165) is 17.7 Å². The molecule has 0 saturated heterocycles. The molecule has 0 saturated carbocycles. The van der Waals surface area contributed by atoms with Crippen molar-refractivity contribution in [2.75, 3.05) is 13.2 Å². The standard InChI is InChI=1S/C19H21FN2O3/c1-3-12-24-16-10-8-15(9-11-16)14(2)21-22-19(23)13-25-18-7-5-4-6-17(18)20/h4-11H,3,12-13H2,1-2H3,(H,22,23)/b21-14-. The number of ether oxygens (including phenoxy) is 2. The second-order valence-electron chi connectivity index (χ2n) is 5.32. The molecule has 1 N–H and O–H groups in total. The zero-order valence-electron chi connectivity index (χ0n) is 14.3. The fraction of sp³-hybridized carbons (Fsp3) is 0.263. The molecule has 2 rings (SSSR count). The van der Waals surface area contributed by atoms with Crippen LogP contribution in [0, 0.1) is 5.82 Å². The zero-order chi connectivity index (χ0) is 18.1. The Kier molecular flexibility index (Phi) is 6.95. The van der Waals surface area contributed by atoms with Crippen molar-refractivity contribution in [2.45, 2.75) is 20.3 Å². The molecule has 0 heterocycles. The maximum absolute atomic E-state index is 13.4. The number of nitrogens with zero attached hydrogens (tertiary/aromatic N) is 1. The smallest absolute Gasteiger partial charge is 0.277 e. The molecule has 2 aromatic carbocycles. The number of benzene rings is 2. The molecule has 0 aromatic heterocycles. The van der Waals surface area contributed by atoms with Gasteiger partial charge in [0, 0.05) is 0 Å². The Hall–Kier alpha value is -2.89. The van der Waals surface area contributed by atoms with E-state index in [1.165, 1.54) is 12.1 Å².